The van der Waals surface area contributed by atoms with Gasteiger partial charge < -0.3 is 10.8 Å². The molecular weight excluding hydrogens is 272 g/mol. The monoisotopic (exact) mass is 286 g/mol. The molecule has 2 aromatic carbocycles. The van der Waals surface area contributed by atoms with E-state index in [1.54, 1.807) is 42.5 Å². The smallest absolute Gasteiger partial charge is 0.311 e. The van der Waals surface area contributed by atoms with Crippen LogP contribution < -0.4 is 5.73 Å². The average Bonchev–Trinajstić information content (AvgIpc) is 2.46. The van der Waals surface area contributed by atoms with E-state index in [9.17, 15) is 20.0 Å². The number of benzene rings is 2. The molecule has 6 nitrogen and oxygen atoms in total. The Morgan fingerprint density at radius 1 is 1.19 bits per heavy atom. The third-order valence-electron chi connectivity index (χ3n) is 3.25. The van der Waals surface area contributed by atoms with Gasteiger partial charge in [0.1, 0.15) is 0 Å². The number of nitrogens with two attached hydrogens (primary N) is 1. The van der Waals surface area contributed by atoms with Crippen molar-refractivity contribution >= 4 is 17.3 Å². The summed E-state index contributed by atoms with van der Waals surface area (Å²) in [7, 11) is 0. The Morgan fingerprint density at radius 2 is 1.81 bits per heavy atom. The zero-order valence-electron chi connectivity index (χ0n) is 11.1. The van der Waals surface area contributed by atoms with E-state index in [1.165, 1.54) is 6.07 Å². The van der Waals surface area contributed by atoms with Crippen molar-refractivity contribution in [3.05, 3.63) is 69.8 Å². The van der Waals surface area contributed by atoms with Gasteiger partial charge in [0.2, 0.25) is 0 Å². The first-order valence-electron chi connectivity index (χ1n) is 6.29. The highest BCUT2D eigenvalue weighted by atomic mass is 16.6. The molecule has 0 bridgehead atoms. The molecule has 0 amide bonds. The molecule has 2 rings (SSSR count). The summed E-state index contributed by atoms with van der Waals surface area (Å²) in [6.45, 7) is 0. The quantitative estimate of drug-likeness (QED) is 0.499. The number of carboxylic acid groups (broad SMARTS) is 1. The number of rotatable bonds is 5. The number of carbonyl (C=O) groups is 1. The van der Waals surface area contributed by atoms with Gasteiger partial charge in [0.15, 0.2) is 0 Å². The SMILES string of the molecule is Nc1ccc(C(Cc2ccccc2[N+](=O)[O-])C(=O)O)cc1. The van der Waals surface area contributed by atoms with Crippen molar-refractivity contribution in [1.29, 1.82) is 0 Å². The van der Waals surface area contributed by atoms with Crippen LogP contribution in [0.3, 0.4) is 0 Å². The van der Waals surface area contributed by atoms with E-state index in [0.717, 1.165) is 0 Å². The van der Waals surface area contributed by atoms with Gasteiger partial charge in [-0.3, -0.25) is 14.9 Å². The summed E-state index contributed by atoms with van der Waals surface area (Å²) in [5.41, 5.74) is 7.01. The van der Waals surface area contributed by atoms with Gasteiger partial charge in [-0.15, -0.1) is 0 Å². The van der Waals surface area contributed by atoms with Crippen LogP contribution in [0, 0.1) is 10.1 Å². The lowest BCUT2D eigenvalue weighted by molar-refractivity contribution is -0.385. The Balaban J connectivity index is 2.35. The van der Waals surface area contributed by atoms with Gasteiger partial charge in [-0.1, -0.05) is 30.3 Å². The molecule has 0 saturated heterocycles. The highest BCUT2D eigenvalue weighted by Crippen LogP contribution is 2.27. The molecule has 0 aliphatic rings. The number of nitro groups is 1. The molecule has 0 aliphatic carbocycles. The van der Waals surface area contributed by atoms with Crippen molar-refractivity contribution in [2.75, 3.05) is 5.73 Å². The summed E-state index contributed by atoms with van der Waals surface area (Å²) in [5, 5.41) is 20.4. The second-order valence-electron chi connectivity index (χ2n) is 4.65. The molecular formula is C15H14N2O4. The van der Waals surface area contributed by atoms with Crippen molar-refractivity contribution in [1.82, 2.24) is 0 Å². The van der Waals surface area contributed by atoms with E-state index in [2.05, 4.69) is 0 Å². The molecule has 6 heteroatoms. The molecule has 0 radical (unpaired) electrons. The van der Waals surface area contributed by atoms with Crippen molar-refractivity contribution in [2.24, 2.45) is 0 Å². The van der Waals surface area contributed by atoms with Gasteiger partial charge in [-0.05, 0) is 24.1 Å². The van der Waals surface area contributed by atoms with E-state index in [4.69, 9.17) is 5.73 Å². The lowest BCUT2D eigenvalue weighted by Crippen LogP contribution is -2.15. The number of nitrogen functional groups attached to an aromatic ring is 1. The minimum Gasteiger partial charge on any atom is -0.481 e. The summed E-state index contributed by atoms with van der Waals surface area (Å²) in [5.74, 6) is -1.88. The van der Waals surface area contributed by atoms with E-state index in [0.29, 0.717) is 16.8 Å². The number of hydrogen-bond acceptors (Lipinski definition) is 4. The van der Waals surface area contributed by atoms with Crippen LogP contribution in [-0.2, 0) is 11.2 Å². The Kier molecular flexibility index (Phi) is 4.18. The fourth-order valence-electron chi connectivity index (χ4n) is 2.16. The third kappa shape index (κ3) is 3.36. The molecule has 0 spiro atoms. The Labute approximate surface area is 121 Å². The van der Waals surface area contributed by atoms with Crippen LogP contribution in [0.1, 0.15) is 17.0 Å². The molecule has 0 saturated carbocycles. The highest BCUT2D eigenvalue weighted by molar-refractivity contribution is 5.77. The molecule has 0 fully saturated rings. The van der Waals surface area contributed by atoms with Crippen molar-refractivity contribution < 1.29 is 14.8 Å². The molecule has 0 heterocycles. The third-order valence-corrected chi connectivity index (χ3v) is 3.25. The second kappa shape index (κ2) is 6.04. The van der Waals surface area contributed by atoms with Gasteiger partial charge in [-0.25, -0.2) is 0 Å². The Bertz CT molecular complexity index is 668. The second-order valence-corrected chi connectivity index (χ2v) is 4.65. The Morgan fingerprint density at radius 3 is 2.38 bits per heavy atom. The van der Waals surface area contributed by atoms with Crippen LogP contribution in [0.2, 0.25) is 0 Å². The van der Waals surface area contributed by atoms with Crippen LogP contribution in [0.4, 0.5) is 11.4 Å². The topological polar surface area (TPSA) is 106 Å². The largest absolute Gasteiger partial charge is 0.481 e. The number of carboxylic acids is 1. The number of aliphatic carboxylic acids is 1. The van der Waals surface area contributed by atoms with Gasteiger partial charge >= 0.3 is 5.97 Å². The summed E-state index contributed by atoms with van der Waals surface area (Å²) >= 11 is 0. The minimum absolute atomic E-state index is 0.0520. The lowest BCUT2D eigenvalue weighted by Gasteiger charge is -2.13. The molecule has 2 aromatic rings. The van der Waals surface area contributed by atoms with Gasteiger partial charge in [-0.2, -0.15) is 0 Å². The molecule has 1 unspecified atom stereocenters. The standard InChI is InChI=1S/C15H14N2O4/c16-12-7-5-10(6-8-12)13(15(18)19)9-11-3-1-2-4-14(11)17(20)21/h1-8,13H,9,16H2,(H,18,19). The van der Waals surface area contributed by atoms with Crippen molar-refractivity contribution in [2.45, 2.75) is 12.3 Å². The number of hydrogen-bond donors (Lipinski definition) is 2. The summed E-state index contributed by atoms with van der Waals surface area (Å²) in [6, 6.07) is 12.6. The van der Waals surface area contributed by atoms with E-state index in [1.807, 2.05) is 0 Å². The number of para-hydroxylation sites is 1. The normalized spacial score (nSPS) is 11.8. The lowest BCUT2D eigenvalue weighted by atomic mass is 9.91. The fourth-order valence-corrected chi connectivity index (χ4v) is 2.16. The zero-order chi connectivity index (χ0) is 15.4. The predicted molar refractivity (Wildman–Crippen MR) is 78.0 cm³/mol. The maximum absolute atomic E-state index is 11.5. The molecule has 1 atom stereocenters. The number of anilines is 1. The maximum atomic E-state index is 11.5. The van der Waals surface area contributed by atoms with Crippen LogP contribution in [-0.4, -0.2) is 16.0 Å². The van der Waals surface area contributed by atoms with Gasteiger partial charge in [0.25, 0.3) is 5.69 Å². The molecule has 3 N–H and O–H groups in total. The zero-order valence-corrected chi connectivity index (χ0v) is 11.1. The molecule has 21 heavy (non-hydrogen) atoms. The first-order valence-corrected chi connectivity index (χ1v) is 6.29. The highest BCUT2D eigenvalue weighted by Gasteiger charge is 2.24. The predicted octanol–water partition coefficient (Wildman–Crippen LogP) is 2.59. The van der Waals surface area contributed by atoms with E-state index >= 15 is 0 Å². The van der Waals surface area contributed by atoms with Crippen LogP contribution in [0.25, 0.3) is 0 Å². The molecule has 108 valence electrons. The number of nitro benzene ring substituents is 1. The van der Waals surface area contributed by atoms with Crippen molar-refractivity contribution in [3.63, 3.8) is 0 Å². The van der Waals surface area contributed by atoms with Crippen LogP contribution >= 0.6 is 0 Å². The van der Waals surface area contributed by atoms with Crippen LogP contribution in [0.15, 0.2) is 48.5 Å². The summed E-state index contributed by atoms with van der Waals surface area (Å²) < 4.78 is 0. The fraction of sp³-hybridized carbons (Fsp3) is 0.133. The maximum Gasteiger partial charge on any atom is 0.311 e. The summed E-state index contributed by atoms with van der Waals surface area (Å²) in [4.78, 5) is 22.0. The number of nitrogens with zero attached hydrogens (tertiary/aromatic N) is 1. The molecule has 0 aliphatic heterocycles. The van der Waals surface area contributed by atoms with Crippen LogP contribution in [0.5, 0.6) is 0 Å². The molecule has 0 aromatic heterocycles. The van der Waals surface area contributed by atoms with E-state index in [-0.39, 0.29) is 12.1 Å². The minimum atomic E-state index is -1.03. The van der Waals surface area contributed by atoms with Crippen molar-refractivity contribution in [3.8, 4) is 0 Å². The first-order chi connectivity index (χ1) is 9.99. The van der Waals surface area contributed by atoms with Gasteiger partial charge in [0, 0.05) is 17.3 Å². The van der Waals surface area contributed by atoms with Gasteiger partial charge in [0.05, 0.1) is 10.8 Å². The first kappa shape index (κ1) is 14.5. The average molecular weight is 286 g/mol. The summed E-state index contributed by atoms with van der Waals surface area (Å²) in [6.07, 6.45) is 0.0520. The van der Waals surface area contributed by atoms with E-state index < -0.39 is 16.8 Å². The Hall–Kier alpha value is -2.89.